The van der Waals surface area contributed by atoms with E-state index in [1.54, 1.807) is 0 Å². The smallest absolute Gasteiger partial charge is 0.224 e. The van der Waals surface area contributed by atoms with Crippen molar-refractivity contribution in [3.63, 3.8) is 0 Å². The van der Waals surface area contributed by atoms with Gasteiger partial charge in [0.15, 0.2) is 0 Å². The molecule has 0 atom stereocenters. The van der Waals surface area contributed by atoms with E-state index in [4.69, 9.17) is 0 Å². The number of piperazine rings is 1. The summed E-state index contributed by atoms with van der Waals surface area (Å²) in [6.45, 7) is 6.15. The number of benzene rings is 1. The minimum Gasteiger partial charge on any atom is -0.355 e. The Kier molecular flexibility index (Phi) is 5.36. The van der Waals surface area contributed by atoms with Crippen LogP contribution in [0.2, 0.25) is 0 Å². The van der Waals surface area contributed by atoms with Gasteiger partial charge in [0.05, 0.1) is 6.42 Å². The second kappa shape index (κ2) is 7.26. The van der Waals surface area contributed by atoms with Crippen LogP contribution in [0.25, 0.3) is 0 Å². The van der Waals surface area contributed by atoms with Crippen molar-refractivity contribution >= 4 is 5.91 Å². The molecule has 1 fully saturated rings. The molecule has 0 bridgehead atoms. The molecule has 1 aliphatic heterocycles. The van der Waals surface area contributed by atoms with E-state index < -0.39 is 0 Å². The fourth-order valence-electron chi connectivity index (χ4n) is 2.27. The zero-order valence-corrected chi connectivity index (χ0v) is 11.6. The lowest BCUT2D eigenvalue weighted by Crippen LogP contribution is -2.47. The van der Waals surface area contributed by atoms with Crippen molar-refractivity contribution in [1.82, 2.24) is 15.1 Å². The van der Waals surface area contributed by atoms with E-state index in [0.29, 0.717) is 6.42 Å². The van der Waals surface area contributed by atoms with E-state index in [-0.39, 0.29) is 5.91 Å². The van der Waals surface area contributed by atoms with Crippen LogP contribution in [-0.2, 0) is 11.2 Å². The Morgan fingerprint density at radius 1 is 1.16 bits per heavy atom. The quantitative estimate of drug-likeness (QED) is 0.843. The highest BCUT2D eigenvalue weighted by atomic mass is 16.1. The molecule has 4 nitrogen and oxygen atoms in total. The molecule has 104 valence electrons. The van der Waals surface area contributed by atoms with Gasteiger partial charge in [0, 0.05) is 39.3 Å². The van der Waals surface area contributed by atoms with Crippen LogP contribution < -0.4 is 5.32 Å². The van der Waals surface area contributed by atoms with Crippen LogP contribution in [-0.4, -0.2) is 62.0 Å². The molecule has 0 aromatic heterocycles. The highest BCUT2D eigenvalue weighted by Gasteiger charge is 2.13. The monoisotopic (exact) mass is 261 g/mol. The minimum absolute atomic E-state index is 0.111. The lowest BCUT2D eigenvalue weighted by atomic mass is 10.1. The molecule has 1 saturated heterocycles. The molecule has 1 amide bonds. The fraction of sp³-hybridized carbons (Fsp3) is 0.533. The van der Waals surface area contributed by atoms with Crippen LogP contribution in [0, 0.1) is 0 Å². The molecule has 2 rings (SSSR count). The largest absolute Gasteiger partial charge is 0.355 e. The van der Waals surface area contributed by atoms with Crippen molar-refractivity contribution in [1.29, 1.82) is 0 Å². The molecule has 1 aromatic rings. The van der Waals surface area contributed by atoms with Gasteiger partial charge in [-0.1, -0.05) is 30.3 Å². The summed E-state index contributed by atoms with van der Waals surface area (Å²) in [6.07, 6.45) is 0.476. The van der Waals surface area contributed by atoms with Crippen molar-refractivity contribution in [3.8, 4) is 0 Å². The third-order valence-electron chi connectivity index (χ3n) is 3.55. The zero-order valence-electron chi connectivity index (χ0n) is 11.6. The van der Waals surface area contributed by atoms with Crippen LogP contribution in [0.5, 0.6) is 0 Å². The molecule has 4 heteroatoms. The summed E-state index contributed by atoms with van der Waals surface area (Å²) in [5.74, 6) is 0.111. The summed E-state index contributed by atoms with van der Waals surface area (Å²) in [5.41, 5.74) is 1.07. The summed E-state index contributed by atoms with van der Waals surface area (Å²) in [4.78, 5) is 16.5. The zero-order chi connectivity index (χ0) is 13.5. The molecule has 0 saturated carbocycles. The fourth-order valence-corrected chi connectivity index (χ4v) is 2.27. The molecular weight excluding hydrogens is 238 g/mol. The van der Waals surface area contributed by atoms with Gasteiger partial charge in [-0.3, -0.25) is 9.69 Å². The predicted octanol–water partition coefficient (Wildman–Crippen LogP) is 0.593. The SMILES string of the molecule is CN1CCN(CCNC(=O)Cc2ccccc2)CC1. The molecule has 0 unspecified atom stereocenters. The normalized spacial score (nSPS) is 17.3. The van der Waals surface area contributed by atoms with Crippen LogP contribution >= 0.6 is 0 Å². The van der Waals surface area contributed by atoms with Crippen molar-refractivity contribution < 1.29 is 4.79 Å². The van der Waals surface area contributed by atoms with E-state index in [1.807, 2.05) is 30.3 Å². The van der Waals surface area contributed by atoms with E-state index in [0.717, 1.165) is 44.8 Å². The number of likely N-dealkylation sites (N-methyl/N-ethyl adjacent to an activating group) is 1. The predicted molar refractivity (Wildman–Crippen MR) is 77.1 cm³/mol. The number of nitrogens with zero attached hydrogens (tertiary/aromatic N) is 2. The summed E-state index contributed by atoms with van der Waals surface area (Å²) in [5, 5.41) is 3.00. The first-order valence-electron chi connectivity index (χ1n) is 6.95. The number of hydrogen-bond acceptors (Lipinski definition) is 3. The van der Waals surface area contributed by atoms with Gasteiger partial charge >= 0.3 is 0 Å². The summed E-state index contributed by atoms with van der Waals surface area (Å²) >= 11 is 0. The number of amides is 1. The Bertz CT molecular complexity index is 386. The molecule has 1 N–H and O–H groups in total. The second-order valence-corrected chi connectivity index (χ2v) is 5.16. The third kappa shape index (κ3) is 5.01. The first kappa shape index (κ1) is 14.0. The molecule has 1 aromatic carbocycles. The molecule has 1 heterocycles. The van der Waals surface area contributed by atoms with Crippen LogP contribution in [0.1, 0.15) is 5.56 Å². The second-order valence-electron chi connectivity index (χ2n) is 5.16. The van der Waals surface area contributed by atoms with Gasteiger partial charge < -0.3 is 10.2 Å². The maximum Gasteiger partial charge on any atom is 0.224 e. The number of carbonyl (C=O) groups excluding carboxylic acids is 1. The molecule has 0 aliphatic carbocycles. The minimum atomic E-state index is 0.111. The van der Waals surface area contributed by atoms with E-state index in [1.165, 1.54) is 0 Å². The summed E-state index contributed by atoms with van der Waals surface area (Å²) in [6, 6.07) is 9.87. The van der Waals surface area contributed by atoms with E-state index >= 15 is 0 Å². The number of carbonyl (C=O) groups is 1. The average molecular weight is 261 g/mol. The van der Waals surface area contributed by atoms with Crippen LogP contribution in [0.4, 0.5) is 0 Å². The molecular formula is C15H23N3O. The Balaban J connectivity index is 1.62. The van der Waals surface area contributed by atoms with Crippen molar-refractivity contribution in [2.45, 2.75) is 6.42 Å². The Labute approximate surface area is 115 Å². The maximum atomic E-state index is 11.8. The van der Waals surface area contributed by atoms with E-state index in [9.17, 15) is 4.79 Å². The van der Waals surface area contributed by atoms with Crippen molar-refractivity contribution in [2.75, 3.05) is 46.3 Å². The van der Waals surface area contributed by atoms with Crippen LogP contribution in [0.3, 0.4) is 0 Å². The van der Waals surface area contributed by atoms with Gasteiger partial charge in [0.2, 0.25) is 5.91 Å². The van der Waals surface area contributed by atoms with Gasteiger partial charge in [0.25, 0.3) is 0 Å². The average Bonchev–Trinajstić information content (AvgIpc) is 2.42. The first-order chi connectivity index (χ1) is 9.24. The summed E-state index contributed by atoms with van der Waals surface area (Å²) < 4.78 is 0. The van der Waals surface area contributed by atoms with E-state index in [2.05, 4.69) is 22.2 Å². The molecule has 1 aliphatic rings. The van der Waals surface area contributed by atoms with Gasteiger partial charge in [-0.05, 0) is 12.6 Å². The van der Waals surface area contributed by atoms with Gasteiger partial charge in [-0.2, -0.15) is 0 Å². The molecule has 0 spiro atoms. The first-order valence-corrected chi connectivity index (χ1v) is 6.95. The highest BCUT2D eigenvalue weighted by Crippen LogP contribution is 2.00. The van der Waals surface area contributed by atoms with Crippen molar-refractivity contribution in [3.05, 3.63) is 35.9 Å². The number of rotatable bonds is 5. The number of hydrogen-bond donors (Lipinski definition) is 1. The standard InChI is InChI=1S/C15H23N3O/c1-17-9-11-18(12-10-17)8-7-16-15(19)13-14-5-3-2-4-6-14/h2-6H,7-13H2,1H3,(H,16,19). The third-order valence-corrected chi connectivity index (χ3v) is 3.55. The van der Waals surface area contributed by atoms with Crippen LogP contribution in [0.15, 0.2) is 30.3 Å². The van der Waals surface area contributed by atoms with Gasteiger partial charge in [0.1, 0.15) is 0 Å². The number of nitrogens with one attached hydrogen (secondary N) is 1. The molecule has 19 heavy (non-hydrogen) atoms. The Morgan fingerprint density at radius 2 is 1.84 bits per heavy atom. The Morgan fingerprint density at radius 3 is 2.53 bits per heavy atom. The van der Waals surface area contributed by atoms with Gasteiger partial charge in [-0.25, -0.2) is 0 Å². The van der Waals surface area contributed by atoms with Gasteiger partial charge in [-0.15, -0.1) is 0 Å². The highest BCUT2D eigenvalue weighted by molar-refractivity contribution is 5.78. The maximum absolute atomic E-state index is 11.8. The topological polar surface area (TPSA) is 35.6 Å². The lowest BCUT2D eigenvalue weighted by Gasteiger charge is -2.32. The van der Waals surface area contributed by atoms with Crippen molar-refractivity contribution in [2.24, 2.45) is 0 Å². The lowest BCUT2D eigenvalue weighted by molar-refractivity contribution is -0.120. The Hall–Kier alpha value is -1.39. The molecule has 0 radical (unpaired) electrons. The summed E-state index contributed by atoms with van der Waals surface area (Å²) in [7, 11) is 2.15.